The van der Waals surface area contributed by atoms with E-state index in [9.17, 15) is 19.2 Å². The van der Waals surface area contributed by atoms with Crippen LogP contribution in [0.1, 0.15) is 54.3 Å². The van der Waals surface area contributed by atoms with Crippen molar-refractivity contribution in [3.05, 3.63) is 35.4 Å². The second kappa shape index (κ2) is 7.59. The fraction of sp³-hybridized carbons (Fsp3) is 0.474. The van der Waals surface area contributed by atoms with Crippen molar-refractivity contribution in [3.8, 4) is 0 Å². The van der Waals surface area contributed by atoms with Gasteiger partial charge in [-0.05, 0) is 45.7 Å². The number of benzene rings is 1. The summed E-state index contributed by atoms with van der Waals surface area (Å²) >= 11 is 0. The first-order chi connectivity index (χ1) is 13.2. The highest BCUT2D eigenvalue weighted by Crippen LogP contribution is 2.24. The minimum atomic E-state index is -1.22. The second-order valence-electron chi connectivity index (χ2n) is 7.54. The molecule has 9 nitrogen and oxygen atoms in total. The quantitative estimate of drug-likeness (QED) is 0.781. The summed E-state index contributed by atoms with van der Waals surface area (Å²) in [6.07, 6.45) is -0.252. The zero-order valence-corrected chi connectivity index (χ0v) is 15.9. The Morgan fingerprint density at radius 2 is 1.79 bits per heavy atom. The molecule has 9 heteroatoms. The third-order valence-corrected chi connectivity index (χ3v) is 4.20. The molecule has 2 aliphatic heterocycles. The Bertz CT molecular complexity index is 774. The minimum absolute atomic E-state index is 0.147. The molecule has 0 saturated carbocycles. The van der Waals surface area contributed by atoms with E-state index in [1.807, 2.05) is 0 Å². The molecule has 1 saturated heterocycles. The highest BCUT2D eigenvalue weighted by molar-refractivity contribution is 6.20. The van der Waals surface area contributed by atoms with Crippen LogP contribution < -0.4 is 5.32 Å². The van der Waals surface area contributed by atoms with Crippen LogP contribution in [-0.2, 0) is 19.1 Å². The lowest BCUT2D eigenvalue weighted by molar-refractivity contribution is -0.174. The molecule has 1 N–H and O–H groups in total. The summed E-state index contributed by atoms with van der Waals surface area (Å²) < 4.78 is 10.7. The summed E-state index contributed by atoms with van der Waals surface area (Å²) in [6, 6.07) is 4.94. The minimum Gasteiger partial charge on any atom is -0.444 e. The maximum absolute atomic E-state index is 12.7. The number of hydrogen-bond acceptors (Lipinski definition) is 7. The van der Waals surface area contributed by atoms with Gasteiger partial charge >= 0.3 is 12.1 Å². The second-order valence-corrected chi connectivity index (χ2v) is 7.54. The molecule has 3 amide bonds. The number of ether oxygens (including phenoxy) is 2. The van der Waals surface area contributed by atoms with Crippen molar-refractivity contribution >= 4 is 23.9 Å². The van der Waals surface area contributed by atoms with E-state index in [0.29, 0.717) is 24.5 Å². The number of rotatable bonds is 4. The number of nitrogens with zero attached hydrogens (tertiary/aromatic N) is 1. The molecule has 2 unspecified atom stereocenters. The van der Waals surface area contributed by atoms with Crippen molar-refractivity contribution in [1.82, 2.24) is 10.4 Å². The van der Waals surface area contributed by atoms with Gasteiger partial charge in [-0.1, -0.05) is 17.2 Å². The average Bonchev–Trinajstić information content (AvgIpc) is 3.22. The third-order valence-electron chi connectivity index (χ3n) is 4.20. The molecular formula is C19H22N2O7. The Hall–Kier alpha value is -2.94. The highest BCUT2D eigenvalue weighted by atomic mass is 16.7. The summed E-state index contributed by atoms with van der Waals surface area (Å²) in [4.78, 5) is 54.7. The van der Waals surface area contributed by atoms with Gasteiger partial charge in [-0.25, -0.2) is 9.59 Å². The molecule has 2 heterocycles. The molecule has 1 aromatic rings. The summed E-state index contributed by atoms with van der Waals surface area (Å²) in [6.45, 7) is 5.48. The van der Waals surface area contributed by atoms with Crippen molar-refractivity contribution < 1.29 is 33.5 Å². The van der Waals surface area contributed by atoms with Gasteiger partial charge in [0, 0.05) is 6.61 Å². The van der Waals surface area contributed by atoms with E-state index in [2.05, 4.69) is 5.32 Å². The maximum Gasteiger partial charge on any atom is 0.408 e. The molecule has 150 valence electrons. The zero-order valence-electron chi connectivity index (χ0n) is 15.9. The predicted octanol–water partition coefficient (Wildman–Crippen LogP) is 1.81. The summed E-state index contributed by atoms with van der Waals surface area (Å²) in [5, 5.41) is 2.84. The van der Waals surface area contributed by atoms with Gasteiger partial charge in [0.15, 0.2) is 6.04 Å². The number of amides is 3. The van der Waals surface area contributed by atoms with Gasteiger partial charge in [-0.2, -0.15) is 0 Å². The highest BCUT2D eigenvalue weighted by Gasteiger charge is 2.42. The lowest BCUT2D eigenvalue weighted by atomic mass is 10.1. The van der Waals surface area contributed by atoms with Crippen LogP contribution in [0.15, 0.2) is 24.3 Å². The van der Waals surface area contributed by atoms with Crippen molar-refractivity contribution in [1.29, 1.82) is 0 Å². The lowest BCUT2D eigenvalue weighted by Crippen LogP contribution is -2.52. The molecule has 0 spiro atoms. The fourth-order valence-electron chi connectivity index (χ4n) is 3.00. The number of alkyl carbamates (subject to hydrolysis) is 1. The van der Waals surface area contributed by atoms with E-state index in [0.717, 1.165) is 0 Å². The zero-order chi connectivity index (χ0) is 20.5. The van der Waals surface area contributed by atoms with Crippen LogP contribution in [0.5, 0.6) is 0 Å². The largest absolute Gasteiger partial charge is 0.444 e. The number of hydrogen-bond donors (Lipinski definition) is 1. The van der Waals surface area contributed by atoms with Gasteiger partial charge in [-0.3, -0.25) is 9.59 Å². The lowest BCUT2D eigenvalue weighted by Gasteiger charge is -2.26. The first-order valence-electron chi connectivity index (χ1n) is 8.98. The topological polar surface area (TPSA) is 111 Å². The van der Waals surface area contributed by atoms with E-state index in [1.54, 1.807) is 32.9 Å². The van der Waals surface area contributed by atoms with Gasteiger partial charge in [0.2, 0.25) is 0 Å². The summed E-state index contributed by atoms with van der Waals surface area (Å²) in [5.74, 6) is -2.46. The molecule has 28 heavy (non-hydrogen) atoms. The standard InChI is InChI=1S/C19H22N2O7/c1-19(2,3)27-18(25)20-14(13-9-6-10-26-13)17(24)28-21-15(22)11-7-4-5-8-12(11)16(21)23/h4-5,7-8,13-14H,6,9-10H2,1-3H3,(H,20,25). The van der Waals surface area contributed by atoms with Crippen molar-refractivity contribution in [2.24, 2.45) is 0 Å². The normalized spacial score (nSPS) is 20.0. The summed E-state index contributed by atoms with van der Waals surface area (Å²) in [7, 11) is 0. The van der Waals surface area contributed by atoms with Gasteiger partial charge in [0.1, 0.15) is 5.60 Å². The van der Waals surface area contributed by atoms with Gasteiger partial charge in [0.25, 0.3) is 11.8 Å². The van der Waals surface area contributed by atoms with Crippen LogP contribution in [0.2, 0.25) is 0 Å². The average molecular weight is 390 g/mol. The van der Waals surface area contributed by atoms with Crippen LogP contribution in [0, 0.1) is 0 Å². The van der Waals surface area contributed by atoms with Crippen molar-refractivity contribution in [3.63, 3.8) is 0 Å². The molecule has 0 bridgehead atoms. The molecule has 0 aromatic heterocycles. The molecule has 0 aliphatic carbocycles. The smallest absolute Gasteiger partial charge is 0.408 e. The molecule has 2 aliphatic rings. The Balaban J connectivity index is 1.74. The van der Waals surface area contributed by atoms with Gasteiger partial charge < -0.3 is 19.6 Å². The molecule has 1 aromatic carbocycles. The monoisotopic (exact) mass is 390 g/mol. The van der Waals surface area contributed by atoms with Crippen LogP contribution in [0.4, 0.5) is 4.79 Å². The molecule has 0 radical (unpaired) electrons. The number of carbonyl (C=O) groups excluding carboxylic acids is 4. The number of fused-ring (bicyclic) bond motifs is 1. The van der Waals surface area contributed by atoms with Crippen LogP contribution in [0.25, 0.3) is 0 Å². The van der Waals surface area contributed by atoms with E-state index < -0.39 is 41.6 Å². The Morgan fingerprint density at radius 1 is 1.18 bits per heavy atom. The van der Waals surface area contributed by atoms with Gasteiger partial charge in [0.05, 0.1) is 17.2 Å². The van der Waals surface area contributed by atoms with Crippen LogP contribution >= 0.6 is 0 Å². The number of carbonyl (C=O) groups is 4. The molecule has 2 atom stereocenters. The van der Waals surface area contributed by atoms with E-state index in [4.69, 9.17) is 14.3 Å². The van der Waals surface area contributed by atoms with Crippen LogP contribution in [-0.4, -0.2) is 53.3 Å². The van der Waals surface area contributed by atoms with E-state index >= 15 is 0 Å². The number of hydroxylamine groups is 2. The SMILES string of the molecule is CC(C)(C)OC(=O)NC(C(=O)ON1C(=O)c2ccccc2C1=O)C1CCCO1. The van der Waals surface area contributed by atoms with Gasteiger partial charge in [-0.15, -0.1) is 0 Å². The molecule has 3 rings (SSSR count). The number of nitrogens with one attached hydrogen (secondary N) is 1. The molecule has 1 fully saturated rings. The van der Waals surface area contributed by atoms with Crippen molar-refractivity contribution in [2.75, 3.05) is 6.61 Å². The summed E-state index contributed by atoms with van der Waals surface area (Å²) in [5.41, 5.74) is -0.472. The van der Waals surface area contributed by atoms with Crippen molar-refractivity contribution in [2.45, 2.75) is 51.4 Å². The third kappa shape index (κ3) is 4.14. The first-order valence-corrected chi connectivity index (χ1v) is 8.98. The first kappa shape index (κ1) is 19.8. The predicted molar refractivity (Wildman–Crippen MR) is 95.2 cm³/mol. The van der Waals surface area contributed by atoms with E-state index in [-0.39, 0.29) is 11.1 Å². The van der Waals surface area contributed by atoms with E-state index in [1.165, 1.54) is 12.1 Å². The Morgan fingerprint density at radius 3 is 2.29 bits per heavy atom. The number of imide groups is 1. The van der Waals surface area contributed by atoms with Crippen LogP contribution in [0.3, 0.4) is 0 Å². The maximum atomic E-state index is 12.7. The molecular weight excluding hydrogens is 368 g/mol. The fourth-order valence-corrected chi connectivity index (χ4v) is 3.00. The Labute approximate surface area is 161 Å². The Kier molecular flexibility index (Phi) is 5.37.